The molecule has 0 aromatic heterocycles. The van der Waals surface area contributed by atoms with E-state index < -0.39 is 0 Å². The van der Waals surface area contributed by atoms with Crippen molar-refractivity contribution in [1.82, 2.24) is 0 Å². The summed E-state index contributed by atoms with van der Waals surface area (Å²) in [5, 5.41) is 8.78. The fourth-order valence-electron chi connectivity index (χ4n) is 2.14. The van der Waals surface area contributed by atoms with Gasteiger partial charge >= 0.3 is 0 Å². The van der Waals surface area contributed by atoms with E-state index in [0.29, 0.717) is 19.4 Å². The molecule has 0 atom stereocenters. The van der Waals surface area contributed by atoms with Gasteiger partial charge in [0.2, 0.25) is 5.91 Å². The molecule has 0 saturated carbocycles. The van der Waals surface area contributed by atoms with Crippen LogP contribution >= 0.6 is 0 Å². The quantitative estimate of drug-likeness (QED) is 0.840. The van der Waals surface area contributed by atoms with Gasteiger partial charge in [0.1, 0.15) is 0 Å². The van der Waals surface area contributed by atoms with Gasteiger partial charge in [0.15, 0.2) is 0 Å². The average molecular weight is 278 g/mol. The number of amides is 1. The molecule has 0 spiro atoms. The molecular weight excluding hydrogens is 260 g/mol. The van der Waals surface area contributed by atoms with E-state index in [1.807, 2.05) is 61.5 Å². The van der Waals surface area contributed by atoms with Crippen molar-refractivity contribution in [2.75, 3.05) is 11.4 Å². The molecule has 0 N–H and O–H groups in total. The number of carbonyl (C=O) groups excluding carboxylic acids is 1. The van der Waals surface area contributed by atoms with E-state index >= 15 is 0 Å². The summed E-state index contributed by atoms with van der Waals surface area (Å²) in [6.07, 6.45) is 0.676. The van der Waals surface area contributed by atoms with Crippen molar-refractivity contribution < 1.29 is 4.79 Å². The first-order valence-corrected chi connectivity index (χ1v) is 6.98. The molecule has 0 heterocycles. The zero-order valence-electron chi connectivity index (χ0n) is 12.1. The Morgan fingerprint density at radius 3 is 2.38 bits per heavy atom. The van der Waals surface area contributed by atoms with Gasteiger partial charge in [0.05, 0.1) is 18.9 Å². The molecule has 0 fully saturated rings. The van der Waals surface area contributed by atoms with E-state index in [1.165, 1.54) is 5.56 Å². The van der Waals surface area contributed by atoms with Gasteiger partial charge in [0, 0.05) is 12.2 Å². The Bertz CT molecular complexity index is 627. The minimum absolute atomic E-state index is 0.0142. The molecule has 0 bridgehead atoms. The second-order valence-electron chi connectivity index (χ2n) is 4.95. The van der Waals surface area contributed by atoms with Crippen molar-refractivity contribution >= 4 is 11.6 Å². The highest BCUT2D eigenvalue weighted by molar-refractivity contribution is 5.94. The maximum Gasteiger partial charge on any atom is 0.231 e. The molecule has 0 aliphatic carbocycles. The fraction of sp³-hybridized carbons (Fsp3) is 0.222. The zero-order valence-corrected chi connectivity index (χ0v) is 12.1. The molecule has 106 valence electrons. The van der Waals surface area contributed by atoms with Crippen LogP contribution in [0.25, 0.3) is 0 Å². The van der Waals surface area contributed by atoms with Crippen molar-refractivity contribution in [3.63, 3.8) is 0 Å². The highest BCUT2D eigenvalue weighted by Crippen LogP contribution is 2.16. The highest BCUT2D eigenvalue weighted by Gasteiger charge is 2.15. The van der Waals surface area contributed by atoms with E-state index in [4.69, 9.17) is 5.26 Å². The topological polar surface area (TPSA) is 44.1 Å². The number of carbonyl (C=O) groups is 1. The third-order valence-electron chi connectivity index (χ3n) is 3.29. The molecular formula is C18H18N2O. The molecule has 0 aliphatic heterocycles. The predicted molar refractivity (Wildman–Crippen MR) is 83.9 cm³/mol. The maximum atomic E-state index is 12.5. The van der Waals surface area contributed by atoms with Crippen LogP contribution in [0, 0.1) is 18.3 Å². The minimum Gasteiger partial charge on any atom is -0.311 e. The van der Waals surface area contributed by atoms with Crippen molar-refractivity contribution in [2.45, 2.75) is 19.8 Å². The van der Waals surface area contributed by atoms with Crippen LogP contribution in [0.1, 0.15) is 17.5 Å². The minimum atomic E-state index is 0.0142. The number of nitriles is 1. The maximum absolute atomic E-state index is 12.5. The molecule has 0 aliphatic rings. The summed E-state index contributed by atoms with van der Waals surface area (Å²) >= 11 is 0. The van der Waals surface area contributed by atoms with Crippen LogP contribution in [-0.2, 0) is 11.2 Å². The average Bonchev–Trinajstić information content (AvgIpc) is 2.51. The lowest BCUT2D eigenvalue weighted by atomic mass is 10.1. The monoisotopic (exact) mass is 278 g/mol. The molecule has 0 unspecified atom stereocenters. The summed E-state index contributed by atoms with van der Waals surface area (Å²) in [5.74, 6) is 0.0142. The van der Waals surface area contributed by atoms with Gasteiger partial charge in [-0.25, -0.2) is 0 Å². The Hall–Kier alpha value is -2.60. The second kappa shape index (κ2) is 7.25. The van der Waals surface area contributed by atoms with Crippen molar-refractivity contribution in [1.29, 1.82) is 5.26 Å². The normalized spacial score (nSPS) is 9.90. The Kier molecular flexibility index (Phi) is 5.11. The van der Waals surface area contributed by atoms with Crippen molar-refractivity contribution in [3.8, 4) is 6.07 Å². The zero-order chi connectivity index (χ0) is 15.1. The first kappa shape index (κ1) is 14.8. The molecule has 2 aromatic rings. The molecule has 21 heavy (non-hydrogen) atoms. The van der Waals surface area contributed by atoms with E-state index in [2.05, 4.69) is 6.07 Å². The van der Waals surface area contributed by atoms with Gasteiger partial charge in [-0.3, -0.25) is 4.79 Å². The van der Waals surface area contributed by atoms with Crippen molar-refractivity contribution in [2.24, 2.45) is 0 Å². The molecule has 0 saturated heterocycles. The molecule has 2 rings (SSSR count). The molecule has 1 amide bonds. The van der Waals surface area contributed by atoms with E-state index in [9.17, 15) is 4.79 Å². The van der Waals surface area contributed by atoms with E-state index in [1.54, 1.807) is 4.90 Å². The third-order valence-corrected chi connectivity index (χ3v) is 3.29. The van der Waals surface area contributed by atoms with Crippen LogP contribution in [0.4, 0.5) is 5.69 Å². The standard InChI is InChI=1S/C18H18N2O/c1-15-8-10-16(11-9-15)14-18(21)20(13-5-12-19)17-6-3-2-4-7-17/h2-4,6-11H,5,13-14H2,1H3. The lowest BCUT2D eigenvalue weighted by Gasteiger charge is -2.22. The van der Waals surface area contributed by atoms with Crippen LogP contribution < -0.4 is 4.90 Å². The van der Waals surface area contributed by atoms with Crippen LogP contribution in [0.3, 0.4) is 0 Å². The summed E-state index contributed by atoms with van der Waals surface area (Å²) in [7, 11) is 0. The summed E-state index contributed by atoms with van der Waals surface area (Å²) in [6, 6.07) is 19.5. The van der Waals surface area contributed by atoms with Crippen molar-refractivity contribution in [3.05, 3.63) is 65.7 Å². The highest BCUT2D eigenvalue weighted by atomic mass is 16.2. The number of anilines is 1. The number of benzene rings is 2. The summed E-state index contributed by atoms with van der Waals surface area (Å²) in [6.45, 7) is 2.44. The fourth-order valence-corrected chi connectivity index (χ4v) is 2.14. The van der Waals surface area contributed by atoms with E-state index in [-0.39, 0.29) is 5.91 Å². The molecule has 0 radical (unpaired) electrons. The first-order valence-electron chi connectivity index (χ1n) is 6.98. The van der Waals surface area contributed by atoms with Gasteiger partial charge in [-0.05, 0) is 24.6 Å². The summed E-state index contributed by atoms with van der Waals surface area (Å²) < 4.78 is 0. The first-order chi connectivity index (χ1) is 10.2. The van der Waals surface area contributed by atoms with Crippen LogP contribution in [-0.4, -0.2) is 12.5 Å². The lowest BCUT2D eigenvalue weighted by molar-refractivity contribution is -0.118. The Morgan fingerprint density at radius 1 is 1.10 bits per heavy atom. The van der Waals surface area contributed by atoms with Crippen LogP contribution in [0.15, 0.2) is 54.6 Å². The van der Waals surface area contributed by atoms with Crippen LogP contribution in [0.2, 0.25) is 0 Å². The SMILES string of the molecule is Cc1ccc(CC(=O)N(CCC#N)c2ccccc2)cc1. The number of hydrogen-bond donors (Lipinski definition) is 0. The number of nitrogens with zero attached hydrogens (tertiary/aromatic N) is 2. The van der Waals surface area contributed by atoms with Gasteiger partial charge in [-0.2, -0.15) is 5.26 Å². The van der Waals surface area contributed by atoms with Gasteiger partial charge in [0.25, 0.3) is 0 Å². The summed E-state index contributed by atoms with van der Waals surface area (Å²) in [4.78, 5) is 14.2. The number of rotatable bonds is 5. The second-order valence-corrected chi connectivity index (χ2v) is 4.95. The largest absolute Gasteiger partial charge is 0.311 e. The Labute approximate surface area is 125 Å². The predicted octanol–water partition coefficient (Wildman–Crippen LogP) is 3.48. The number of hydrogen-bond acceptors (Lipinski definition) is 2. The van der Waals surface area contributed by atoms with Gasteiger partial charge in [-0.15, -0.1) is 0 Å². The molecule has 2 aromatic carbocycles. The Morgan fingerprint density at radius 2 is 1.76 bits per heavy atom. The van der Waals surface area contributed by atoms with Crippen LogP contribution in [0.5, 0.6) is 0 Å². The summed E-state index contributed by atoms with van der Waals surface area (Å²) in [5.41, 5.74) is 3.00. The number of aryl methyl sites for hydroxylation is 1. The van der Waals surface area contributed by atoms with E-state index in [0.717, 1.165) is 11.3 Å². The smallest absolute Gasteiger partial charge is 0.231 e. The molecule has 3 nitrogen and oxygen atoms in total. The Balaban J connectivity index is 2.14. The molecule has 3 heteroatoms. The lowest BCUT2D eigenvalue weighted by Crippen LogP contribution is -2.33. The van der Waals surface area contributed by atoms with Gasteiger partial charge in [-0.1, -0.05) is 48.0 Å². The third kappa shape index (κ3) is 4.19. The van der Waals surface area contributed by atoms with Gasteiger partial charge < -0.3 is 4.90 Å². The number of para-hydroxylation sites is 1.